The van der Waals surface area contributed by atoms with Gasteiger partial charge in [0.2, 0.25) is 11.8 Å². The van der Waals surface area contributed by atoms with Crippen LogP contribution in [0.4, 0.5) is 9.59 Å². The zero-order valence-corrected chi connectivity index (χ0v) is 11.4. The average Bonchev–Trinajstić information content (AvgIpc) is 2.42. The van der Waals surface area contributed by atoms with Gasteiger partial charge in [0.1, 0.15) is 11.5 Å². The molecule has 0 bridgehead atoms. The molecule has 0 unspecified atom stereocenters. The predicted molar refractivity (Wildman–Crippen MR) is 73.2 cm³/mol. The van der Waals surface area contributed by atoms with E-state index in [1.165, 1.54) is 24.3 Å². The van der Waals surface area contributed by atoms with Crippen LogP contribution in [-0.4, -0.2) is 35.7 Å². The van der Waals surface area contributed by atoms with Crippen molar-refractivity contribution in [3.05, 3.63) is 36.0 Å². The van der Waals surface area contributed by atoms with Gasteiger partial charge in [0.25, 0.3) is 11.8 Å². The monoisotopic (exact) mass is 318 g/mol. The van der Waals surface area contributed by atoms with E-state index in [0.29, 0.717) is 0 Å². The number of barbiturate groups is 2. The van der Waals surface area contributed by atoms with Crippen LogP contribution in [-0.2, 0) is 19.2 Å². The summed E-state index contributed by atoms with van der Waals surface area (Å²) in [5, 5.41) is 7.67. The third-order valence-electron chi connectivity index (χ3n) is 2.77. The summed E-state index contributed by atoms with van der Waals surface area (Å²) in [6.07, 6.45) is 6.40. The maximum Gasteiger partial charge on any atom is 0.328 e. The van der Waals surface area contributed by atoms with Gasteiger partial charge in [0.05, 0.1) is 0 Å². The molecule has 2 aliphatic rings. The number of urea groups is 2. The molecule has 0 aromatic heterocycles. The molecule has 2 fully saturated rings. The zero-order chi connectivity index (χ0) is 17.0. The Bertz CT molecular complexity index is 676. The minimum atomic E-state index is -1.16. The van der Waals surface area contributed by atoms with E-state index in [-0.39, 0.29) is 5.57 Å². The lowest BCUT2D eigenvalue weighted by Gasteiger charge is -2.17. The molecule has 0 aromatic rings. The molecule has 0 aromatic carbocycles. The first-order valence-corrected chi connectivity index (χ1v) is 6.26. The van der Waals surface area contributed by atoms with Crippen molar-refractivity contribution in [1.82, 2.24) is 21.3 Å². The molecule has 0 atom stereocenters. The van der Waals surface area contributed by atoms with Crippen LogP contribution in [0.25, 0.3) is 0 Å². The SMILES string of the molecule is O=C1NC(=O)C(=C/C=C/C=CC2C(=O)NC(=O)NC2=O)C(=O)N1. The first-order chi connectivity index (χ1) is 10.9. The van der Waals surface area contributed by atoms with Crippen molar-refractivity contribution in [2.24, 2.45) is 5.92 Å². The summed E-state index contributed by atoms with van der Waals surface area (Å²) in [4.78, 5) is 67.3. The van der Waals surface area contributed by atoms with Gasteiger partial charge < -0.3 is 0 Å². The summed E-state index contributed by atoms with van der Waals surface area (Å²) in [6, 6.07) is -1.78. The molecule has 118 valence electrons. The highest BCUT2D eigenvalue weighted by Crippen LogP contribution is 2.05. The van der Waals surface area contributed by atoms with E-state index in [2.05, 4.69) is 0 Å². The van der Waals surface area contributed by atoms with E-state index in [4.69, 9.17) is 0 Å². The lowest BCUT2D eigenvalue weighted by Crippen LogP contribution is -2.55. The second-order valence-corrected chi connectivity index (χ2v) is 4.37. The third-order valence-corrected chi connectivity index (χ3v) is 2.77. The van der Waals surface area contributed by atoms with Gasteiger partial charge >= 0.3 is 12.1 Å². The molecule has 2 saturated heterocycles. The molecule has 23 heavy (non-hydrogen) atoms. The second-order valence-electron chi connectivity index (χ2n) is 4.37. The molecule has 4 N–H and O–H groups in total. The molecular formula is C13H10N4O6. The molecule has 2 heterocycles. The Balaban J connectivity index is 2.00. The molecule has 8 amide bonds. The fourth-order valence-corrected chi connectivity index (χ4v) is 1.72. The first-order valence-electron chi connectivity index (χ1n) is 6.26. The lowest BCUT2D eigenvalue weighted by atomic mass is 10.1. The maximum absolute atomic E-state index is 11.4. The van der Waals surface area contributed by atoms with Crippen LogP contribution in [0.1, 0.15) is 0 Å². The molecule has 0 spiro atoms. The molecule has 0 aliphatic carbocycles. The quantitative estimate of drug-likeness (QED) is 0.212. The van der Waals surface area contributed by atoms with Crippen LogP contribution in [0.3, 0.4) is 0 Å². The van der Waals surface area contributed by atoms with Gasteiger partial charge in [-0.25, -0.2) is 9.59 Å². The summed E-state index contributed by atoms with van der Waals surface area (Å²) in [7, 11) is 0. The highest BCUT2D eigenvalue weighted by Gasteiger charge is 2.31. The summed E-state index contributed by atoms with van der Waals surface area (Å²) in [6.45, 7) is 0. The number of amides is 8. The van der Waals surface area contributed by atoms with Gasteiger partial charge in [0, 0.05) is 0 Å². The third kappa shape index (κ3) is 3.75. The van der Waals surface area contributed by atoms with Gasteiger partial charge in [0.15, 0.2) is 0 Å². The van der Waals surface area contributed by atoms with Gasteiger partial charge in [-0.1, -0.05) is 24.3 Å². The smallest absolute Gasteiger partial charge is 0.277 e. The van der Waals surface area contributed by atoms with Crippen LogP contribution >= 0.6 is 0 Å². The molecule has 0 saturated carbocycles. The topological polar surface area (TPSA) is 151 Å². The van der Waals surface area contributed by atoms with Crippen molar-refractivity contribution in [2.45, 2.75) is 0 Å². The number of allylic oxidation sites excluding steroid dienone is 4. The molecule has 2 rings (SSSR count). The molecule has 10 nitrogen and oxygen atoms in total. The Hall–Kier alpha value is -3.56. The standard InChI is InChI=1S/C13H10N4O6/c18-8-6(9(19)15-12(22)14-8)4-2-1-3-5-7-10(20)16-13(23)17-11(7)21/h1-6H,(H2,14,15,18,19,22)(H2,16,17,20,21,23)/b3-1+,4-2?. The minimum absolute atomic E-state index is 0.270. The van der Waals surface area contributed by atoms with Crippen LogP contribution in [0.2, 0.25) is 0 Å². The fraction of sp³-hybridized carbons (Fsp3) is 0.0769. The number of carbonyl (C=O) groups is 6. The summed E-state index contributed by atoms with van der Waals surface area (Å²) < 4.78 is 0. The van der Waals surface area contributed by atoms with Crippen LogP contribution in [0.15, 0.2) is 36.0 Å². The van der Waals surface area contributed by atoms with Crippen molar-refractivity contribution < 1.29 is 28.8 Å². The van der Waals surface area contributed by atoms with E-state index < -0.39 is 41.6 Å². The van der Waals surface area contributed by atoms with E-state index in [1.807, 2.05) is 21.3 Å². The fourth-order valence-electron chi connectivity index (χ4n) is 1.72. The molecule has 0 radical (unpaired) electrons. The summed E-state index contributed by atoms with van der Waals surface area (Å²) in [5.41, 5.74) is -0.270. The highest BCUT2D eigenvalue weighted by molar-refractivity contribution is 6.29. The number of hydrogen-bond acceptors (Lipinski definition) is 6. The van der Waals surface area contributed by atoms with Crippen molar-refractivity contribution in [2.75, 3.05) is 0 Å². The van der Waals surface area contributed by atoms with E-state index in [1.54, 1.807) is 0 Å². The zero-order valence-electron chi connectivity index (χ0n) is 11.4. The Morgan fingerprint density at radius 2 is 1.17 bits per heavy atom. The van der Waals surface area contributed by atoms with Crippen molar-refractivity contribution in [3.8, 4) is 0 Å². The van der Waals surface area contributed by atoms with Crippen molar-refractivity contribution in [3.63, 3.8) is 0 Å². The molecular weight excluding hydrogens is 308 g/mol. The van der Waals surface area contributed by atoms with Gasteiger partial charge in [-0.05, 0) is 6.08 Å². The van der Waals surface area contributed by atoms with Crippen LogP contribution in [0.5, 0.6) is 0 Å². The minimum Gasteiger partial charge on any atom is -0.277 e. The number of imide groups is 4. The predicted octanol–water partition coefficient (Wildman–Crippen LogP) is -1.63. The number of hydrogen-bond donors (Lipinski definition) is 4. The van der Waals surface area contributed by atoms with E-state index in [9.17, 15) is 28.8 Å². The van der Waals surface area contributed by atoms with Gasteiger partial charge in [-0.2, -0.15) is 0 Å². The van der Waals surface area contributed by atoms with Crippen molar-refractivity contribution >= 4 is 35.7 Å². The molecule has 10 heteroatoms. The largest absolute Gasteiger partial charge is 0.328 e. The Morgan fingerprint density at radius 1 is 0.652 bits per heavy atom. The first kappa shape index (κ1) is 15.8. The van der Waals surface area contributed by atoms with Gasteiger partial charge in [-0.3, -0.25) is 40.4 Å². The second kappa shape index (κ2) is 6.47. The van der Waals surface area contributed by atoms with E-state index >= 15 is 0 Å². The highest BCUT2D eigenvalue weighted by atomic mass is 16.2. The van der Waals surface area contributed by atoms with Gasteiger partial charge in [-0.15, -0.1) is 0 Å². The maximum atomic E-state index is 11.4. The van der Waals surface area contributed by atoms with Crippen molar-refractivity contribution in [1.29, 1.82) is 0 Å². The Labute approximate surface area is 128 Å². The summed E-state index contributed by atoms with van der Waals surface area (Å²) in [5.74, 6) is -4.35. The normalized spacial score (nSPS) is 19.7. The molecule has 2 aliphatic heterocycles. The lowest BCUT2D eigenvalue weighted by molar-refractivity contribution is -0.134. The number of carbonyl (C=O) groups excluding carboxylic acids is 6. The Morgan fingerprint density at radius 3 is 1.74 bits per heavy atom. The number of rotatable bonds is 3. The number of nitrogens with one attached hydrogen (secondary N) is 4. The summed E-state index contributed by atoms with van der Waals surface area (Å²) >= 11 is 0. The van der Waals surface area contributed by atoms with Crippen LogP contribution in [0, 0.1) is 5.92 Å². The average molecular weight is 318 g/mol. The van der Waals surface area contributed by atoms with E-state index in [0.717, 1.165) is 6.08 Å². The Kier molecular flexibility index (Phi) is 4.45. The van der Waals surface area contributed by atoms with Crippen LogP contribution < -0.4 is 21.3 Å².